The van der Waals surface area contributed by atoms with Gasteiger partial charge < -0.3 is 16.0 Å². The maximum Gasteiger partial charge on any atom is 0.255 e. The molecule has 34 heavy (non-hydrogen) atoms. The van der Waals surface area contributed by atoms with Gasteiger partial charge in [-0.05, 0) is 54.8 Å². The number of nitrogens with one attached hydrogen (secondary N) is 1. The van der Waals surface area contributed by atoms with Gasteiger partial charge in [-0.2, -0.15) is 0 Å². The van der Waals surface area contributed by atoms with Crippen molar-refractivity contribution in [3.05, 3.63) is 101 Å². The summed E-state index contributed by atoms with van der Waals surface area (Å²) < 4.78 is 26.8. The summed E-state index contributed by atoms with van der Waals surface area (Å²) >= 11 is 0. The molecule has 4 rings (SSSR count). The number of hydrogen-bond acceptors (Lipinski definition) is 3. The molecule has 0 radical (unpaired) electrons. The van der Waals surface area contributed by atoms with Gasteiger partial charge in [-0.15, -0.1) is 0 Å². The Labute approximate surface area is 197 Å². The van der Waals surface area contributed by atoms with E-state index in [1.807, 2.05) is 35.2 Å². The first-order chi connectivity index (χ1) is 16.4. The van der Waals surface area contributed by atoms with Crippen LogP contribution < -0.4 is 11.1 Å². The third-order valence-electron chi connectivity index (χ3n) is 6.15. The maximum absolute atomic E-state index is 13.4. The molecular formula is C27H27F2N3O2. The zero-order valence-electron chi connectivity index (χ0n) is 18.7. The molecule has 1 fully saturated rings. The van der Waals surface area contributed by atoms with E-state index >= 15 is 0 Å². The molecule has 1 aliphatic carbocycles. The van der Waals surface area contributed by atoms with Gasteiger partial charge in [-0.25, -0.2) is 8.78 Å². The Hall–Kier alpha value is -3.58. The van der Waals surface area contributed by atoms with Gasteiger partial charge in [0.25, 0.3) is 11.8 Å². The number of rotatable bonds is 6. The summed E-state index contributed by atoms with van der Waals surface area (Å²) in [5, 5.41) is 2.64. The van der Waals surface area contributed by atoms with Crippen molar-refractivity contribution in [1.82, 2.24) is 4.90 Å². The second kappa shape index (κ2) is 10.6. The van der Waals surface area contributed by atoms with Crippen LogP contribution >= 0.6 is 0 Å². The molecule has 0 bridgehead atoms. The highest BCUT2D eigenvalue weighted by atomic mass is 19.1. The molecule has 7 heteroatoms. The molecule has 3 aromatic rings. The standard InChI is InChI=1S/C27H27F2N3O2/c28-21-14-20(15-22(29)16-21)26(33)31-23-12-10-18(11-13-23)17-32(25-9-5-4-8-24(25)30)27(34)19-6-2-1-3-7-19/h1-3,6-7,10-16,24-25H,4-5,8-9,17,30H2,(H,31,33). The van der Waals surface area contributed by atoms with Gasteiger partial charge in [0, 0.05) is 41.5 Å². The summed E-state index contributed by atoms with van der Waals surface area (Å²) in [6.07, 6.45) is 3.84. The number of carbonyl (C=O) groups is 2. The van der Waals surface area contributed by atoms with Crippen molar-refractivity contribution in [2.75, 3.05) is 5.32 Å². The normalized spacial score (nSPS) is 17.7. The van der Waals surface area contributed by atoms with Crippen LogP contribution in [-0.2, 0) is 6.54 Å². The van der Waals surface area contributed by atoms with E-state index in [1.165, 1.54) is 0 Å². The fourth-order valence-electron chi connectivity index (χ4n) is 4.39. The number of anilines is 1. The van der Waals surface area contributed by atoms with Gasteiger partial charge in [-0.3, -0.25) is 9.59 Å². The van der Waals surface area contributed by atoms with Crippen molar-refractivity contribution < 1.29 is 18.4 Å². The van der Waals surface area contributed by atoms with Crippen molar-refractivity contribution in [3.8, 4) is 0 Å². The van der Waals surface area contributed by atoms with Crippen LogP contribution in [0, 0.1) is 11.6 Å². The van der Waals surface area contributed by atoms with E-state index in [0.29, 0.717) is 23.9 Å². The maximum atomic E-state index is 13.4. The Kier molecular flexibility index (Phi) is 7.33. The van der Waals surface area contributed by atoms with Crippen molar-refractivity contribution in [2.45, 2.75) is 44.3 Å². The minimum atomic E-state index is -0.815. The fraction of sp³-hybridized carbons (Fsp3) is 0.259. The average Bonchev–Trinajstić information content (AvgIpc) is 2.83. The van der Waals surface area contributed by atoms with Gasteiger partial charge in [0.05, 0.1) is 0 Å². The largest absolute Gasteiger partial charge is 0.330 e. The zero-order valence-corrected chi connectivity index (χ0v) is 18.7. The number of nitrogens with zero attached hydrogens (tertiary/aromatic N) is 1. The van der Waals surface area contributed by atoms with Gasteiger partial charge in [-0.1, -0.05) is 43.2 Å². The SMILES string of the molecule is NC1CCCCC1N(Cc1ccc(NC(=O)c2cc(F)cc(F)c2)cc1)C(=O)c1ccccc1. The lowest BCUT2D eigenvalue weighted by Crippen LogP contribution is -2.51. The molecule has 0 aliphatic heterocycles. The summed E-state index contributed by atoms with van der Waals surface area (Å²) in [6.45, 7) is 0.384. The van der Waals surface area contributed by atoms with Crippen LogP contribution in [0.25, 0.3) is 0 Å². The van der Waals surface area contributed by atoms with Gasteiger partial charge in [0.2, 0.25) is 0 Å². The van der Waals surface area contributed by atoms with Crippen LogP contribution in [0.15, 0.2) is 72.8 Å². The molecule has 0 spiro atoms. The Morgan fingerprint density at radius 1 is 0.882 bits per heavy atom. The molecule has 1 saturated carbocycles. The van der Waals surface area contributed by atoms with E-state index in [0.717, 1.165) is 43.4 Å². The molecule has 0 heterocycles. The topological polar surface area (TPSA) is 75.4 Å². The lowest BCUT2D eigenvalue weighted by molar-refractivity contribution is 0.0583. The molecule has 0 aromatic heterocycles. The van der Waals surface area contributed by atoms with E-state index in [9.17, 15) is 18.4 Å². The van der Waals surface area contributed by atoms with Crippen molar-refractivity contribution in [1.29, 1.82) is 0 Å². The molecule has 176 valence electrons. The number of nitrogens with two attached hydrogens (primary N) is 1. The molecule has 2 atom stereocenters. The van der Waals surface area contributed by atoms with Crippen LogP contribution in [0.2, 0.25) is 0 Å². The Morgan fingerprint density at radius 3 is 2.18 bits per heavy atom. The Balaban J connectivity index is 1.50. The Bertz CT molecular complexity index is 1130. The molecular weight excluding hydrogens is 436 g/mol. The second-order valence-electron chi connectivity index (χ2n) is 8.62. The first kappa shape index (κ1) is 23.6. The van der Waals surface area contributed by atoms with Crippen LogP contribution in [0.1, 0.15) is 52.0 Å². The van der Waals surface area contributed by atoms with Crippen LogP contribution in [0.3, 0.4) is 0 Å². The van der Waals surface area contributed by atoms with E-state index in [-0.39, 0.29) is 23.6 Å². The summed E-state index contributed by atoms with van der Waals surface area (Å²) in [7, 11) is 0. The summed E-state index contributed by atoms with van der Waals surface area (Å²) in [5.41, 5.74) is 8.29. The smallest absolute Gasteiger partial charge is 0.255 e. The van der Waals surface area contributed by atoms with Gasteiger partial charge in [0.15, 0.2) is 0 Å². The molecule has 2 amide bonds. The molecule has 2 unspecified atom stereocenters. The van der Waals surface area contributed by atoms with E-state index < -0.39 is 17.5 Å². The second-order valence-corrected chi connectivity index (χ2v) is 8.62. The highest BCUT2D eigenvalue weighted by Gasteiger charge is 2.31. The number of benzene rings is 3. The lowest BCUT2D eigenvalue weighted by atomic mass is 9.89. The summed E-state index contributed by atoms with van der Waals surface area (Å²) in [5.74, 6) is -2.30. The van der Waals surface area contributed by atoms with Crippen molar-refractivity contribution >= 4 is 17.5 Å². The zero-order chi connectivity index (χ0) is 24.1. The predicted molar refractivity (Wildman–Crippen MR) is 127 cm³/mol. The first-order valence-electron chi connectivity index (χ1n) is 11.4. The number of amides is 2. The molecule has 1 aliphatic rings. The summed E-state index contributed by atoms with van der Waals surface area (Å²) in [6, 6.07) is 18.8. The first-order valence-corrected chi connectivity index (χ1v) is 11.4. The average molecular weight is 464 g/mol. The van der Waals surface area contributed by atoms with Crippen LogP contribution in [0.4, 0.5) is 14.5 Å². The van der Waals surface area contributed by atoms with E-state index in [2.05, 4.69) is 5.32 Å². The molecule has 3 aromatic carbocycles. The van der Waals surface area contributed by atoms with E-state index in [4.69, 9.17) is 5.73 Å². The summed E-state index contributed by atoms with van der Waals surface area (Å²) in [4.78, 5) is 27.6. The fourth-order valence-corrected chi connectivity index (χ4v) is 4.39. The third kappa shape index (κ3) is 5.66. The number of hydrogen-bond donors (Lipinski definition) is 2. The van der Waals surface area contributed by atoms with Gasteiger partial charge in [0.1, 0.15) is 11.6 Å². The third-order valence-corrected chi connectivity index (χ3v) is 6.15. The van der Waals surface area contributed by atoms with E-state index in [1.54, 1.807) is 24.3 Å². The van der Waals surface area contributed by atoms with Crippen LogP contribution in [0.5, 0.6) is 0 Å². The van der Waals surface area contributed by atoms with Gasteiger partial charge >= 0.3 is 0 Å². The molecule has 3 N–H and O–H groups in total. The number of halogens is 2. The molecule has 5 nitrogen and oxygen atoms in total. The number of carbonyl (C=O) groups excluding carboxylic acids is 2. The lowest BCUT2D eigenvalue weighted by Gasteiger charge is -2.38. The van der Waals surface area contributed by atoms with Crippen LogP contribution in [-0.4, -0.2) is 28.8 Å². The van der Waals surface area contributed by atoms with Crippen molar-refractivity contribution in [2.24, 2.45) is 5.73 Å². The Morgan fingerprint density at radius 2 is 1.53 bits per heavy atom. The minimum Gasteiger partial charge on any atom is -0.330 e. The molecule has 0 saturated heterocycles. The highest BCUT2D eigenvalue weighted by Crippen LogP contribution is 2.26. The predicted octanol–water partition coefficient (Wildman–Crippen LogP) is 5.13. The quantitative estimate of drug-likeness (QED) is 0.532. The highest BCUT2D eigenvalue weighted by molar-refractivity contribution is 6.04. The monoisotopic (exact) mass is 463 g/mol. The minimum absolute atomic E-state index is 0.0521. The van der Waals surface area contributed by atoms with Crippen molar-refractivity contribution in [3.63, 3.8) is 0 Å².